The number of rotatable bonds is 2. The Hall–Kier alpha value is -2.08. The third kappa shape index (κ3) is 3.76. The summed E-state index contributed by atoms with van der Waals surface area (Å²) >= 11 is 0. The summed E-state index contributed by atoms with van der Waals surface area (Å²) < 4.78 is 10.4. The van der Waals surface area contributed by atoms with Gasteiger partial charge in [0.05, 0.1) is 0 Å². The van der Waals surface area contributed by atoms with Crippen LogP contribution in [0.25, 0.3) is 0 Å². The molecule has 1 atom stereocenters. The van der Waals surface area contributed by atoms with Gasteiger partial charge in [-0.2, -0.15) is 0 Å². The molecule has 1 aliphatic rings. The zero-order chi connectivity index (χ0) is 16.5. The second-order valence-corrected chi connectivity index (χ2v) is 6.36. The molecule has 0 spiro atoms. The summed E-state index contributed by atoms with van der Waals surface area (Å²) in [5.41, 5.74) is 1.65. The Morgan fingerprint density at radius 3 is 2.59 bits per heavy atom. The molecule has 0 aromatic heterocycles. The normalized spacial score (nSPS) is 17.5. The summed E-state index contributed by atoms with van der Waals surface area (Å²) in [6.07, 6.45) is -0.0800. The molecule has 0 saturated heterocycles. The lowest BCUT2D eigenvalue weighted by molar-refractivity contribution is -0.139. The second-order valence-electron chi connectivity index (χ2n) is 6.36. The van der Waals surface area contributed by atoms with Crippen molar-refractivity contribution in [3.63, 3.8) is 0 Å². The molecule has 0 fully saturated rings. The highest BCUT2D eigenvalue weighted by atomic mass is 16.7. The van der Waals surface area contributed by atoms with E-state index in [4.69, 9.17) is 9.47 Å². The maximum atomic E-state index is 11.8. The van der Waals surface area contributed by atoms with Gasteiger partial charge in [0.15, 0.2) is 0 Å². The Labute approximate surface area is 129 Å². The molecule has 120 valence electrons. The average molecular weight is 307 g/mol. The number of carboxylic acids is 1. The van der Waals surface area contributed by atoms with Crippen molar-refractivity contribution in [2.45, 2.75) is 45.8 Å². The molecule has 0 aliphatic carbocycles. The SMILES string of the molecule is Cc1cc2c(cc1OC(=O)OC(C)(C)C)CCN[C@H]2C(=O)O. The van der Waals surface area contributed by atoms with E-state index in [0.717, 1.165) is 5.56 Å². The van der Waals surface area contributed by atoms with Crippen LogP contribution in [0.2, 0.25) is 0 Å². The predicted octanol–water partition coefficient (Wildman–Crippen LogP) is 2.58. The fraction of sp³-hybridized carbons (Fsp3) is 0.500. The van der Waals surface area contributed by atoms with Crippen molar-refractivity contribution in [2.75, 3.05) is 6.54 Å². The first-order valence-electron chi connectivity index (χ1n) is 7.18. The number of aryl methyl sites for hydroxylation is 1. The number of aliphatic carboxylic acids is 1. The number of hydrogen-bond donors (Lipinski definition) is 2. The number of hydrogen-bond acceptors (Lipinski definition) is 5. The predicted molar refractivity (Wildman–Crippen MR) is 80.1 cm³/mol. The van der Waals surface area contributed by atoms with Gasteiger partial charge in [-0.15, -0.1) is 0 Å². The van der Waals surface area contributed by atoms with Gasteiger partial charge in [-0.25, -0.2) is 4.79 Å². The highest BCUT2D eigenvalue weighted by Crippen LogP contribution is 2.30. The van der Waals surface area contributed by atoms with Crippen molar-refractivity contribution < 1.29 is 24.2 Å². The van der Waals surface area contributed by atoms with Crippen molar-refractivity contribution >= 4 is 12.1 Å². The van der Waals surface area contributed by atoms with Crippen molar-refractivity contribution in [1.29, 1.82) is 0 Å². The van der Waals surface area contributed by atoms with E-state index in [9.17, 15) is 14.7 Å². The first kappa shape index (κ1) is 16.3. The highest BCUT2D eigenvalue weighted by Gasteiger charge is 2.27. The summed E-state index contributed by atoms with van der Waals surface area (Å²) in [6.45, 7) is 7.62. The van der Waals surface area contributed by atoms with Crippen molar-refractivity contribution in [2.24, 2.45) is 0 Å². The smallest absolute Gasteiger partial charge is 0.480 e. The molecule has 6 heteroatoms. The van der Waals surface area contributed by atoms with E-state index < -0.39 is 23.8 Å². The van der Waals surface area contributed by atoms with Crippen molar-refractivity contribution in [3.8, 4) is 5.75 Å². The van der Waals surface area contributed by atoms with Crippen molar-refractivity contribution in [1.82, 2.24) is 5.32 Å². The van der Waals surface area contributed by atoms with Crippen LogP contribution in [0.1, 0.15) is 43.5 Å². The molecular weight excluding hydrogens is 286 g/mol. The molecule has 2 rings (SSSR count). The molecule has 0 unspecified atom stereocenters. The van der Waals surface area contributed by atoms with Gasteiger partial charge in [-0.05, 0) is 62.9 Å². The summed E-state index contributed by atoms with van der Waals surface area (Å²) in [4.78, 5) is 23.0. The van der Waals surface area contributed by atoms with Crippen LogP contribution in [0, 0.1) is 6.92 Å². The van der Waals surface area contributed by atoms with Crippen LogP contribution in [0.4, 0.5) is 4.79 Å². The number of carbonyl (C=O) groups excluding carboxylic acids is 1. The van der Waals surface area contributed by atoms with E-state index >= 15 is 0 Å². The zero-order valence-corrected chi connectivity index (χ0v) is 13.2. The Morgan fingerprint density at radius 1 is 1.32 bits per heavy atom. The maximum absolute atomic E-state index is 11.8. The van der Waals surface area contributed by atoms with Crippen LogP contribution in [-0.2, 0) is 16.0 Å². The maximum Gasteiger partial charge on any atom is 0.514 e. The molecule has 1 aromatic carbocycles. The van der Waals surface area contributed by atoms with E-state index in [1.165, 1.54) is 0 Å². The van der Waals surface area contributed by atoms with E-state index in [2.05, 4.69) is 5.32 Å². The van der Waals surface area contributed by atoms with Gasteiger partial charge < -0.3 is 19.9 Å². The molecule has 0 saturated carbocycles. The van der Waals surface area contributed by atoms with Crippen LogP contribution >= 0.6 is 0 Å². The minimum atomic E-state index is -0.916. The monoisotopic (exact) mass is 307 g/mol. The Kier molecular flexibility index (Phi) is 4.42. The number of carboxylic acid groups (broad SMARTS) is 1. The standard InChI is InChI=1S/C16H21NO5/c1-9-7-11-10(5-6-17-13(11)14(18)19)8-12(9)21-15(20)22-16(2,3)4/h7-8,13,17H,5-6H2,1-4H3,(H,18,19)/t13-/m1/s1. The third-order valence-electron chi connectivity index (χ3n) is 3.32. The summed E-state index contributed by atoms with van der Waals surface area (Å²) in [7, 11) is 0. The van der Waals surface area contributed by atoms with Crippen LogP contribution in [0.3, 0.4) is 0 Å². The lowest BCUT2D eigenvalue weighted by Crippen LogP contribution is -2.35. The number of carbonyl (C=O) groups is 2. The van der Waals surface area contributed by atoms with E-state index in [-0.39, 0.29) is 0 Å². The fourth-order valence-electron chi connectivity index (χ4n) is 2.39. The van der Waals surface area contributed by atoms with E-state index in [1.54, 1.807) is 39.8 Å². The molecule has 0 radical (unpaired) electrons. The molecule has 1 aromatic rings. The average Bonchev–Trinajstić information content (AvgIpc) is 2.36. The minimum absolute atomic E-state index is 0.402. The molecule has 6 nitrogen and oxygen atoms in total. The van der Waals surface area contributed by atoms with Gasteiger partial charge in [0.25, 0.3) is 0 Å². The molecule has 2 N–H and O–H groups in total. The molecule has 22 heavy (non-hydrogen) atoms. The quantitative estimate of drug-likeness (QED) is 0.645. The van der Waals surface area contributed by atoms with Gasteiger partial charge in [0.2, 0.25) is 0 Å². The summed E-state index contributed by atoms with van der Waals surface area (Å²) in [5.74, 6) is -0.514. The van der Waals surface area contributed by atoms with E-state index in [1.807, 2.05) is 0 Å². The minimum Gasteiger partial charge on any atom is -0.480 e. The first-order valence-corrected chi connectivity index (χ1v) is 7.18. The second kappa shape index (κ2) is 5.96. The summed E-state index contributed by atoms with van der Waals surface area (Å²) in [5, 5.41) is 12.2. The lowest BCUT2D eigenvalue weighted by atomic mass is 9.92. The molecule has 1 heterocycles. The molecule has 1 aliphatic heterocycles. The van der Waals surface area contributed by atoms with Crippen LogP contribution in [-0.4, -0.2) is 29.4 Å². The molecule has 0 amide bonds. The Balaban J connectivity index is 2.25. The first-order chi connectivity index (χ1) is 10.2. The third-order valence-corrected chi connectivity index (χ3v) is 3.32. The molecular formula is C16H21NO5. The number of benzene rings is 1. The Morgan fingerprint density at radius 2 is 2.00 bits per heavy atom. The van der Waals surface area contributed by atoms with Gasteiger partial charge in [-0.1, -0.05) is 0 Å². The van der Waals surface area contributed by atoms with Gasteiger partial charge in [0, 0.05) is 6.54 Å². The molecule has 0 bridgehead atoms. The number of fused-ring (bicyclic) bond motifs is 1. The van der Waals surface area contributed by atoms with Gasteiger partial charge >= 0.3 is 12.1 Å². The largest absolute Gasteiger partial charge is 0.514 e. The van der Waals surface area contributed by atoms with E-state index in [0.29, 0.717) is 29.8 Å². The summed E-state index contributed by atoms with van der Waals surface area (Å²) in [6, 6.07) is 2.75. The van der Waals surface area contributed by atoms with Gasteiger partial charge in [-0.3, -0.25) is 4.79 Å². The highest BCUT2D eigenvalue weighted by molar-refractivity contribution is 5.77. The van der Waals surface area contributed by atoms with Crippen LogP contribution in [0.5, 0.6) is 5.75 Å². The lowest BCUT2D eigenvalue weighted by Gasteiger charge is -2.25. The fourth-order valence-corrected chi connectivity index (χ4v) is 2.39. The number of nitrogens with one attached hydrogen (secondary N) is 1. The Bertz CT molecular complexity index is 603. The van der Waals surface area contributed by atoms with Crippen molar-refractivity contribution in [3.05, 3.63) is 28.8 Å². The van der Waals surface area contributed by atoms with Gasteiger partial charge in [0.1, 0.15) is 17.4 Å². The topological polar surface area (TPSA) is 84.9 Å². The van der Waals surface area contributed by atoms with Crippen LogP contribution < -0.4 is 10.1 Å². The zero-order valence-electron chi connectivity index (χ0n) is 13.2. The van der Waals surface area contributed by atoms with Crippen LogP contribution in [0.15, 0.2) is 12.1 Å². The number of ether oxygens (including phenoxy) is 2.